The number of anilines is 4. The minimum atomic E-state index is -0.243. The van der Waals surface area contributed by atoms with Gasteiger partial charge in [0.25, 0.3) is 0 Å². The van der Waals surface area contributed by atoms with Gasteiger partial charge in [0.1, 0.15) is 29.4 Å². The molecule has 52 heavy (non-hydrogen) atoms. The van der Waals surface area contributed by atoms with E-state index in [0.29, 0.717) is 101 Å². The fraction of sp³-hybridized carbons (Fsp3) is 0.324. The number of hydrogen-bond donors (Lipinski definition) is 2. The van der Waals surface area contributed by atoms with E-state index in [4.69, 9.17) is 29.2 Å². The maximum atomic E-state index is 13.1. The third-order valence-corrected chi connectivity index (χ3v) is 7.62. The molecule has 272 valence electrons. The van der Waals surface area contributed by atoms with Crippen molar-refractivity contribution in [3.8, 4) is 23.1 Å². The molecular weight excluding hydrogens is 666 g/mol. The second-order valence-corrected chi connectivity index (χ2v) is 11.5. The first-order valence-electron chi connectivity index (χ1n) is 16.9. The van der Waals surface area contributed by atoms with Gasteiger partial charge in [-0.2, -0.15) is 0 Å². The van der Waals surface area contributed by atoms with E-state index in [1.165, 1.54) is 12.4 Å². The van der Waals surface area contributed by atoms with Gasteiger partial charge in [0.05, 0.1) is 51.0 Å². The smallest absolute Gasteiger partial charge is 0.248 e. The predicted octanol–water partition coefficient (Wildman–Crippen LogP) is 6.41. The Morgan fingerprint density at radius 1 is 0.942 bits per heavy atom. The molecule has 0 spiro atoms. The van der Waals surface area contributed by atoms with Crippen molar-refractivity contribution >= 4 is 28.8 Å². The molecule has 1 aliphatic rings. The molecular formula is C37H43N9O6. The van der Waals surface area contributed by atoms with Crippen LogP contribution in [0.2, 0.25) is 0 Å². The number of carbonyl (C=O) groups is 1. The summed E-state index contributed by atoms with van der Waals surface area (Å²) < 4.78 is 28.3. The summed E-state index contributed by atoms with van der Waals surface area (Å²) >= 11 is 0. The van der Waals surface area contributed by atoms with E-state index < -0.39 is 0 Å². The first kappa shape index (κ1) is 37.6. The Labute approximate surface area is 302 Å². The van der Waals surface area contributed by atoms with Gasteiger partial charge in [0.2, 0.25) is 11.8 Å². The normalized spacial score (nSPS) is 12.8. The van der Waals surface area contributed by atoms with Crippen LogP contribution in [-0.2, 0) is 19.0 Å². The minimum absolute atomic E-state index is 0.243. The summed E-state index contributed by atoms with van der Waals surface area (Å²) in [6.07, 6.45) is 4.78. The highest BCUT2D eigenvalue weighted by molar-refractivity contribution is 6.02. The van der Waals surface area contributed by atoms with Gasteiger partial charge in [-0.25, -0.2) is 9.97 Å². The summed E-state index contributed by atoms with van der Waals surface area (Å²) in [5, 5.41) is 9.78. The van der Waals surface area contributed by atoms with Gasteiger partial charge in [-0.1, -0.05) is 29.4 Å². The zero-order valence-corrected chi connectivity index (χ0v) is 29.1. The van der Waals surface area contributed by atoms with Crippen molar-refractivity contribution in [2.75, 3.05) is 94.9 Å². The largest absolute Gasteiger partial charge is 0.457 e. The number of rotatable bonds is 20. The van der Waals surface area contributed by atoms with Crippen LogP contribution in [0.3, 0.4) is 0 Å². The van der Waals surface area contributed by atoms with E-state index in [1.807, 2.05) is 90.8 Å². The molecule has 0 atom stereocenters. The van der Waals surface area contributed by atoms with Crippen molar-refractivity contribution in [3.63, 3.8) is 0 Å². The number of nitrogens with one attached hydrogen (secondary N) is 2. The minimum Gasteiger partial charge on any atom is -0.457 e. The first-order valence-corrected chi connectivity index (χ1v) is 16.9. The fourth-order valence-corrected chi connectivity index (χ4v) is 5.02. The lowest BCUT2D eigenvalue weighted by Gasteiger charge is -2.30. The second-order valence-electron chi connectivity index (χ2n) is 11.5. The van der Waals surface area contributed by atoms with Gasteiger partial charge in [0.15, 0.2) is 0 Å². The molecule has 1 aliphatic heterocycles. The van der Waals surface area contributed by atoms with E-state index in [0.717, 1.165) is 17.1 Å². The Bertz CT molecular complexity index is 1770. The van der Waals surface area contributed by atoms with Crippen LogP contribution in [0.25, 0.3) is 10.4 Å². The molecule has 1 saturated heterocycles. The molecule has 5 rings (SSSR count). The maximum Gasteiger partial charge on any atom is 0.248 e. The maximum absolute atomic E-state index is 13.1. The molecule has 15 nitrogen and oxygen atoms in total. The summed E-state index contributed by atoms with van der Waals surface area (Å²) in [5.74, 6) is 2.68. The van der Waals surface area contributed by atoms with Crippen LogP contribution in [0.4, 0.5) is 22.9 Å². The highest BCUT2D eigenvalue weighted by Gasteiger charge is 2.17. The predicted molar refractivity (Wildman–Crippen MR) is 199 cm³/mol. The Kier molecular flexibility index (Phi) is 15.1. The molecule has 1 amide bonds. The molecule has 0 aliphatic carbocycles. The van der Waals surface area contributed by atoms with Crippen LogP contribution < -0.4 is 25.0 Å². The lowest BCUT2D eigenvalue weighted by Crippen LogP contribution is -2.36. The Morgan fingerprint density at radius 3 is 2.44 bits per heavy atom. The lowest BCUT2D eigenvalue weighted by molar-refractivity contribution is -0.111. The molecule has 0 unspecified atom stereocenters. The van der Waals surface area contributed by atoms with E-state index in [2.05, 4.69) is 35.5 Å². The van der Waals surface area contributed by atoms with E-state index in [-0.39, 0.29) is 5.91 Å². The fourth-order valence-electron chi connectivity index (χ4n) is 5.02. The molecule has 1 aromatic heterocycles. The Hall–Kier alpha value is -5.70. The van der Waals surface area contributed by atoms with Gasteiger partial charge in [-0.3, -0.25) is 4.79 Å². The number of benzene rings is 3. The van der Waals surface area contributed by atoms with Crippen molar-refractivity contribution in [2.45, 2.75) is 0 Å². The van der Waals surface area contributed by atoms with Crippen molar-refractivity contribution in [1.82, 2.24) is 14.9 Å². The van der Waals surface area contributed by atoms with Gasteiger partial charge >= 0.3 is 0 Å². The number of para-hydroxylation sites is 1. The van der Waals surface area contributed by atoms with E-state index >= 15 is 0 Å². The molecule has 1 fully saturated rings. The third-order valence-electron chi connectivity index (χ3n) is 7.62. The Balaban J connectivity index is 1.14. The van der Waals surface area contributed by atoms with Crippen molar-refractivity contribution in [1.29, 1.82) is 0 Å². The number of carbonyl (C=O) groups excluding carboxylic acids is 1. The van der Waals surface area contributed by atoms with Crippen LogP contribution in [-0.4, -0.2) is 100 Å². The Morgan fingerprint density at radius 2 is 1.67 bits per heavy atom. The number of amides is 1. The van der Waals surface area contributed by atoms with Crippen LogP contribution in [0.1, 0.15) is 0 Å². The molecule has 2 heterocycles. The molecule has 0 saturated carbocycles. The van der Waals surface area contributed by atoms with Gasteiger partial charge in [0, 0.05) is 55.5 Å². The van der Waals surface area contributed by atoms with Gasteiger partial charge in [-0.15, -0.1) is 0 Å². The van der Waals surface area contributed by atoms with Crippen LogP contribution in [0.5, 0.6) is 23.1 Å². The van der Waals surface area contributed by atoms with E-state index in [9.17, 15) is 4.79 Å². The van der Waals surface area contributed by atoms with Crippen molar-refractivity contribution in [2.24, 2.45) is 5.11 Å². The first-order chi connectivity index (χ1) is 25.6. The summed E-state index contributed by atoms with van der Waals surface area (Å²) in [6, 6.07) is 24.3. The van der Waals surface area contributed by atoms with Gasteiger partial charge < -0.3 is 44.1 Å². The highest BCUT2D eigenvalue weighted by Crippen LogP contribution is 2.32. The number of ether oxygens (including phenoxy) is 5. The average molecular weight is 710 g/mol. The summed E-state index contributed by atoms with van der Waals surface area (Å²) in [4.78, 5) is 28.6. The van der Waals surface area contributed by atoms with Gasteiger partial charge in [-0.05, 0) is 67.2 Å². The topological polar surface area (TPSA) is 168 Å². The SMILES string of the molecule is CN(CC=CC(=O)Nc1cc(Nc2cc(Oc3ccc(Oc4ccccc4)cc3)ncn2)ccc1N1CCOCC1)CCOCCOCCN=[N+]=[N-]. The molecule has 0 radical (unpaired) electrons. The number of morpholine rings is 1. The highest BCUT2D eigenvalue weighted by atomic mass is 16.5. The number of nitrogens with zero attached hydrogens (tertiary/aromatic N) is 7. The number of aromatic nitrogens is 2. The monoisotopic (exact) mass is 709 g/mol. The number of hydrogen-bond acceptors (Lipinski definition) is 12. The quantitative estimate of drug-likeness (QED) is 0.0342. The second kappa shape index (κ2) is 20.8. The molecule has 2 N–H and O–H groups in total. The molecule has 3 aromatic carbocycles. The standard InChI is InChI=1S/C37H43N9O6/c1-45(17-21-50-25-24-48-20-15-41-44-38)16-5-8-36(47)43-33-26-29(9-14-34(33)46-18-22-49-23-19-46)42-35-27-37(40-28-39-35)52-32-12-10-31(11-13-32)51-30-6-3-2-4-7-30/h2-14,26-28H,15-25H2,1H3,(H,43,47)(H,39,40,42). The third kappa shape index (κ3) is 12.9. The summed E-state index contributed by atoms with van der Waals surface area (Å²) in [6.45, 7) is 6.00. The van der Waals surface area contributed by atoms with Crippen LogP contribution >= 0.6 is 0 Å². The zero-order chi connectivity index (χ0) is 36.2. The number of likely N-dealkylation sites (N-methyl/N-ethyl adjacent to an activating group) is 1. The molecule has 4 aromatic rings. The summed E-state index contributed by atoms with van der Waals surface area (Å²) in [7, 11) is 1.95. The average Bonchev–Trinajstić information content (AvgIpc) is 3.16. The van der Waals surface area contributed by atoms with Crippen molar-refractivity contribution < 1.29 is 28.5 Å². The van der Waals surface area contributed by atoms with Crippen LogP contribution in [0.15, 0.2) is 102 Å². The number of azide groups is 1. The lowest BCUT2D eigenvalue weighted by atomic mass is 10.2. The zero-order valence-electron chi connectivity index (χ0n) is 29.1. The molecule has 15 heteroatoms. The molecule has 0 bridgehead atoms. The summed E-state index contributed by atoms with van der Waals surface area (Å²) in [5.41, 5.74) is 10.6. The van der Waals surface area contributed by atoms with E-state index in [1.54, 1.807) is 6.07 Å². The van der Waals surface area contributed by atoms with Crippen molar-refractivity contribution in [3.05, 3.63) is 108 Å². The van der Waals surface area contributed by atoms with Crippen LogP contribution in [0, 0.1) is 0 Å².